The minimum atomic E-state index is -0.862. The Morgan fingerprint density at radius 1 is 1.09 bits per heavy atom. The summed E-state index contributed by atoms with van der Waals surface area (Å²) in [5.74, 6) is -0.862. The number of alkyl carbamates (subject to hydrolysis) is 1. The molecule has 2 fully saturated rings. The molecule has 23 heavy (non-hydrogen) atoms. The fourth-order valence-corrected chi connectivity index (χ4v) is 4.29. The molecule has 5 nitrogen and oxygen atoms in total. The zero-order valence-electron chi connectivity index (χ0n) is 13.2. The van der Waals surface area contributed by atoms with Crippen molar-refractivity contribution in [3.8, 4) is 0 Å². The number of nitrogens with one attached hydrogen (secondary N) is 1. The number of hydrogen-bond acceptors (Lipinski definition) is 3. The van der Waals surface area contributed by atoms with Crippen molar-refractivity contribution in [1.82, 2.24) is 5.32 Å². The van der Waals surface area contributed by atoms with Crippen molar-refractivity contribution in [2.24, 2.45) is 5.41 Å². The van der Waals surface area contributed by atoms with Crippen molar-refractivity contribution < 1.29 is 19.4 Å². The van der Waals surface area contributed by atoms with Gasteiger partial charge in [-0.05, 0) is 36.7 Å². The lowest BCUT2D eigenvalue weighted by atomic mass is 9.52. The molecule has 0 aromatic heterocycles. The number of carboxylic acid groups (broad SMARTS) is 1. The second-order valence-electron chi connectivity index (χ2n) is 6.83. The molecule has 1 aromatic rings. The predicted octanol–water partition coefficient (Wildman–Crippen LogP) is 3.48. The Labute approximate surface area is 136 Å². The van der Waals surface area contributed by atoms with Gasteiger partial charge in [-0.25, -0.2) is 4.79 Å². The van der Waals surface area contributed by atoms with E-state index in [1.165, 1.54) is 0 Å². The summed E-state index contributed by atoms with van der Waals surface area (Å²) in [5.41, 5.74) is 0.236. The highest BCUT2D eigenvalue weighted by Crippen LogP contribution is 2.61. The molecular weight excluding hydrogens is 294 g/mol. The van der Waals surface area contributed by atoms with Gasteiger partial charge in [-0.15, -0.1) is 0 Å². The summed E-state index contributed by atoms with van der Waals surface area (Å²) in [6.07, 6.45) is 5.41. The molecule has 2 N–H and O–H groups in total. The van der Waals surface area contributed by atoms with E-state index in [1.54, 1.807) is 0 Å². The highest BCUT2D eigenvalue weighted by atomic mass is 16.5. The van der Waals surface area contributed by atoms with Crippen LogP contribution >= 0.6 is 0 Å². The second kappa shape index (κ2) is 6.22. The summed E-state index contributed by atoms with van der Waals surface area (Å²) < 4.78 is 5.30. The molecule has 1 unspecified atom stereocenters. The van der Waals surface area contributed by atoms with E-state index in [2.05, 4.69) is 5.32 Å². The number of aliphatic carboxylic acids is 1. The Morgan fingerprint density at radius 2 is 1.78 bits per heavy atom. The van der Waals surface area contributed by atoms with Crippen LogP contribution in [0.25, 0.3) is 0 Å². The van der Waals surface area contributed by atoms with Gasteiger partial charge in [0, 0.05) is 0 Å². The van der Waals surface area contributed by atoms with Crippen LogP contribution in [0, 0.1) is 5.41 Å². The van der Waals surface area contributed by atoms with Crippen molar-refractivity contribution in [3.05, 3.63) is 35.9 Å². The minimum absolute atomic E-state index is 0.0204. The molecule has 1 aromatic carbocycles. The lowest BCUT2D eigenvalue weighted by Crippen LogP contribution is -2.67. The van der Waals surface area contributed by atoms with Gasteiger partial charge in [-0.1, -0.05) is 43.2 Å². The summed E-state index contributed by atoms with van der Waals surface area (Å²) in [4.78, 5) is 23.5. The summed E-state index contributed by atoms with van der Waals surface area (Å²) in [6.45, 7) is 0.197. The van der Waals surface area contributed by atoms with E-state index in [-0.39, 0.29) is 18.4 Å². The van der Waals surface area contributed by atoms with E-state index in [1.807, 2.05) is 30.3 Å². The summed E-state index contributed by atoms with van der Waals surface area (Å²) in [7, 11) is 0. The topological polar surface area (TPSA) is 75.6 Å². The van der Waals surface area contributed by atoms with Crippen LogP contribution in [0.1, 0.15) is 50.5 Å². The molecule has 0 heterocycles. The predicted molar refractivity (Wildman–Crippen MR) is 84.9 cm³/mol. The molecule has 2 aliphatic rings. The fourth-order valence-electron chi connectivity index (χ4n) is 4.29. The number of carbonyl (C=O) groups excluding carboxylic acids is 1. The van der Waals surface area contributed by atoms with Crippen LogP contribution in [-0.4, -0.2) is 22.7 Å². The Balaban J connectivity index is 1.64. The minimum Gasteiger partial charge on any atom is -0.481 e. The third-order valence-electron chi connectivity index (χ3n) is 5.61. The Bertz CT molecular complexity index is 580. The molecule has 1 spiro atoms. The van der Waals surface area contributed by atoms with E-state index in [0.29, 0.717) is 0 Å². The highest BCUT2D eigenvalue weighted by Gasteiger charge is 2.61. The van der Waals surface area contributed by atoms with Gasteiger partial charge in [0.2, 0.25) is 0 Å². The third-order valence-corrected chi connectivity index (χ3v) is 5.61. The Kier molecular flexibility index (Phi) is 4.28. The first-order chi connectivity index (χ1) is 11.1. The first-order valence-corrected chi connectivity index (χ1v) is 8.26. The van der Waals surface area contributed by atoms with E-state index in [4.69, 9.17) is 4.74 Å². The summed E-state index contributed by atoms with van der Waals surface area (Å²) >= 11 is 0. The van der Waals surface area contributed by atoms with Gasteiger partial charge < -0.3 is 15.2 Å². The zero-order chi connectivity index (χ0) is 16.3. The van der Waals surface area contributed by atoms with Gasteiger partial charge in [-0.3, -0.25) is 4.79 Å². The van der Waals surface area contributed by atoms with E-state index >= 15 is 0 Å². The molecule has 5 heteroatoms. The smallest absolute Gasteiger partial charge is 0.407 e. The van der Waals surface area contributed by atoms with E-state index in [0.717, 1.165) is 44.1 Å². The Hall–Kier alpha value is -2.04. The van der Waals surface area contributed by atoms with Gasteiger partial charge in [0.25, 0.3) is 0 Å². The van der Waals surface area contributed by atoms with Crippen molar-refractivity contribution in [2.75, 3.05) is 0 Å². The van der Waals surface area contributed by atoms with Crippen LogP contribution in [-0.2, 0) is 16.1 Å². The van der Waals surface area contributed by atoms with Crippen molar-refractivity contribution in [2.45, 2.75) is 57.1 Å². The summed E-state index contributed by atoms with van der Waals surface area (Å²) in [5, 5.41) is 12.2. The van der Waals surface area contributed by atoms with Crippen LogP contribution in [0.15, 0.2) is 30.3 Å². The number of ether oxygens (including phenoxy) is 1. The normalized spacial score (nSPS) is 24.9. The standard InChI is InChI=1S/C18H23NO4/c20-15(21)12-18(11-10-17(18)8-4-5-9-17)19-16(22)23-13-14-6-2-1-3-7-14/h1-3,6-7H,4-5,8-13H2,(H,19,22)(H,20,21). The van der Waals surface area contributed by atoms with Crippen molar-refractivity contribution in [3.63, 3.8) is 0 Å². The highest BCUT2D eigenvalue weighted by molar-refractivity contribution is 5.73. The second-order valence-corrected chi connectivity index (χ2v) is 6.83. The van der Waals surface area contributed by atoms with Crippen LogP contribution in [0.4, 0.5) is 4.79 Å². The van der Waals surface area contributed by atoms with E-state index < -0.39 is 17.6 Å². The van der Waals surface area contributed by atoms with Gasteiger partial charge in [0.05, 0.1) is 12.0 Å². The molecule has 2 aliphatic carbocycles. The van der Waals surface area contributed by atoms with Crippen molar-refractivity contribution in [1.29, 1.82) is 0 Å². The quantitative estimate of drug-likeness (QED) is 0.872. The number of hydrogen-bond donors (Lipinski definition) is 2. The molecule has 0 radical (unpaired) electrons. The molecule has 0 bridgehead atoms. The number of rotatable bonds is 5. The zero-order valence-corrected chi connectivity index (χ0v) is 13.2. The fraction of sp³-hybridized carbons (Fsp3) is 0.556. The summed E-state index contributed by atoms with van der Waals surface area (Å²) in [6, 6.07) is 9.47. The van der Waals surface area contributed by atoms with E-state index in [9.17, 15) is 14.7 Å². The van der Waals surface area contributed by atoms with Gasteiger partial charge in [-0.2, -0.15) is 0 Å². The monoisotopic (exact) mass is 317 g/mol. The SMILES string of the molecule is O=C(O)CC1(NC(=O)OCc2ccccc2)CCC12CCCC2. The van der Waals surface area contributed by atoms with Crippen molar-refractivity contribution >= 4 is 12.1 Å². The van der Waals surface area contributed by atoms with Crippen LogP contribution in [0.5, 0.6) is 0 Å². The number of carboxylic acids is 1. The molecule has 1 amide bonds. The maximum Gasteiger partial charge on any atom is 0.407 e. The van der Waals surface area contributed by atoms with Gasteiger partial charge >= 0.3 is 12.1 Å². The van der Waals surface area contributed by atoms with Crippen LogP contribution in [0.3, 0.4) is 0 Å². The molecule has 2 saturated carbocycles. The molecule has 1 atom stereocenters. The lowest BCUT2D eigenvalue weighted by molar-refractivity contribution is -0.144. The van der Waals surface area contributed by atoms with Crippen LogP contribution in [0.2, 0.25) is 0 Å². The average Bonchev–Trinajstić information content (AvgIpc) is 3.04. The largest absolute Gasteiger partial charge is 0.481 e. The first kappa shape index (κ1) is 15.8. The third kappa shape index (κ3) is 3.05. The van der Waals surface area contributed by atoms with Gasteiger partial charge in [0.15, 0.2) is 0 Å². The number of benzene rings is 1. The molecule has 124 valence electrons. The molecule has 3 rings (SSSR count). The Morgan fingerprint density at radius 3 is 2.35 bits per heavy atom. The van der Waals surface area contributed by atoms with Crippen LogP contribution < -0.4 is 5.32 Å². The number of amides is 1. The number of carbonyl (C=O) groups is 2. The average molecular weight is 317 g/mol. The molecule has 0 aliphatic heterocycles. The van der Waals surface area contributed by atoms with Gasteiger partial charge in [0.1, 0.15) is 6.61 Å². The first-order valence-electron chi connectivity index (χ1n) is 8.26. The molecule has 0 saturated heterocycles. The maximum atomic E-state index is 12.2. The lowest BCUT2D eigenvalue weighted by Gasteiger charge is -2.57. The maximum absolute atomic E-state index is 12.2. The molecular formula is C18H23NO4.